The minimum absolute atomic E-state index is 0.0624. The third kappa shape index (κ3) is 3.66. The van der Waals surface area contributed by atoms with E-state index in [1.54, 1.807) is 24.5 Å². The molecule has 106 valence electrons. The lowest BCUT2D eigenvalue weighted by atomic mass is 10.1. The Morgan fingerprint density at radius 2 is 2.05 bits per heavy atom. The highest BCUT2D eigenvalue weighted by atomic mass is 16.1. The van der Waals surface area contributed by atoms with E-state index >= 15 is 0 Å². The number of aromatic nitrogens is 3. The molecule has 2 heterocycles. The van der Waals surface area contributed by atoms with E-state index in [0.717, 1.165) is 17.9 Å². The van der Waals surface area contributed by atoms with Crippen LogP contribution in [0.4, 0.5) is 0 Å². The van der Waals surface area contributed by atoms with E-state index in [-0.39, 0.29) is 5.91 Å². The van der Waals surface area contributed by atoms with E-state index in [1.807, 2.05) is 18.5 Å². The zero-order valence-electron chi connectivity index (χ0n) is 12.1. The zero-order chi connectivity index (χ0) is 14.5. The molecule has 2 aromatic rings. The van der Waals surface area contributed by atoms with Crippen molar-refractivity contribution in [1.82, 2.24) is 20.1 Å². The van der Waals surface area contributed by atoms with Crippen LogP contribution in [0.15, 0.2) is 30.6 Å². The fraction of sp³-hybridized carbons (Fsp3) is 0.400. The summed E-state index contributed by atoms with van der Waals surface area (Å²) in [5.41, 5.74) is 2.81. The van der Waals surface area contributed by atoms with Crippen LogP contribution >= 0.6 is 0 Å². The first-order valence-corrected chi connectivity index (χ1v) is 6.75. The van der Waals surface area contributed by atoms with Crippen LogP contribution in [0, 0.1) is 19.8 Å². The molecule has 20 heavy (non-hydrogen) atoms. The summed E-state index contributed by atoms with van der Waals surface area (Å²) >= 11 is 0. The summed E-state index contributed by atoms with van der Waals surface area (Å²) < 4.78 is 1.98. The van der Waals surface area contributed by atoms with Gasteiger partial charge in [0.25, 0.3) is 5.91 Å². The van der Waals surface area contributed by atoms with Crippen LogP contribution < -0.4 is 5.32 Å². The molecule has 2 rings (SSSR count). The van der Waals surface area contributed by atoms with Gasteiger partial charge in [0.2, 0.25) is 0 Å². The average Bonchev–Trinajstić information content (AvgIpc) is 2.75. The fourth-order valence-electron chi connectivity index (χ4n) is 2.09. The molecule has 0 aliphatic rings. The summed E-state index contributed by atoms with van der Waals surface area (Å²) in [5, 5.41) is 7.37. The van der Waals surface area contributed by atoms with Gasteiger partial charge >= 0.3 is 0 Å². The smallest absolute Gasteiger partial charge is 0.251 e. The molecular formula is C15H20N4O. The third-order valence-electron chi connectivity index (χ3n) is 3.14. The number of carbonyl (C=O) groups excluding carboxylic acids is 1. The quantitative estimate of drug-likeness (QED) is 0.905. The van der Waals surface area contributed by atoms with Crippen molar-refractivity contribution in [3.8, 4) is 0 Å². The molecule has 0 spiro atoms. The third-order valence-corrected chi connectivity index (χ3v) is 3.14. The number of nitrogens with zero attached hydrogens (tertiary/aromatic N) is 3. The highest BCUT2D eigenvalue weighted by Crippen LogP contribution is 2.06. The van der Waals surface area contributed by atoms with Crippen molar-refractivity contribution in [3.63, 3.8) is 0 Å². The van der Waals surface area contributed by atoms with Crippen LogP contribution in [0.2, 0.25) is 0 Å². The van der Waals surface area contributed by atoms with Gasteiger partial charge in [0.1, 0.15) is 0 Å². The molecule has 1 atom stereocenters. The van der Waals surface area contributed by atoms with Crippen molar-refractivity contribution in [2.75, 3.05) is 6.54 Å². The van der Waals surface area contributed by atoms with E-state index < -0.39 is 0 Å². The zero-order valence-corrected chi connectivity index (χ0v) is 12.1. The first-order chi connectivity index (χ1) is 9.56. The lowest BCUT2D eigenvalue weighted by Crippen LogP contribution is -2.30. The van der Waals surface area contributed by atoms with Crippen molar-refractivity contribution < 1.29 is 4.79 Å². The summed E-state index contributed by atoms with van der Waals surface area (Å²) in [7, 11) is 0. The molecule has 0 unspecified atom stereocenters. The molecular weight excluding hydrogens is 252 g/mol. The van der Waals surface area contributed by atoms with E-state index in [2.05, 4.69) is 28.4 Å². The largest absolute Gasteiger partial charge is 0.352 e. The lowest BCUT2D eigenvalue weighted by Gasteiger charge is -2.14. The van der Waals surface area contributed by atoms with Gasteiger partial charge in [-0.3, -0.25) is 14.5 Å². The molecule has 0 aliphatic heterocycles. The van der Waals surface area contributed by atoms with Gasteiger partial charge in [-0.25, -0.2) is 0 Å². The number of amides is 1. The van der Waals surface area contributed by atoms with Crippen LogP contribution in [-0.2, 0) is 6.54 Å². The van der Waals surface area contributed by atoms with Crippen molar-refractivity contribution in [2.45, 2.75) is 27.3 Å². The molecule has 0 bridgehead atoms. The van der Waals surface area contributed by atoms with E-state index in [9.17, 15) is 4.79 Å². The van der Waals surface area contributed by atoms with Gasteiger partial charge in [0.05, 0.1) is 5.69 Å². The standard InChI is InChI=1S/C15H20N4O/c1-11(10-19-13(3)8-12(2)18-19)9-17-15(20)14-4-6-16-7-5-14/h4-8,11H,9-10H2,1-3H3,(H,17,20)/t11-/m0/s1. The molecule has 1 N–H and O–H groups in total. The fourth-order valence-corrected chi connectivity index (χ4v) is 2.09. The Labute approximate surface area is 119 Å². The molecule has 0 aromatic carbocycles. The van der Waals surface area contributed by atoms with Gasteiger partial charge in [0.15, 0.2) is 0 Å². The van der Waals surface area contributed by atoms with Crippen LogP contribution in [0.3, 0.4) is 0 Å². The molecule has 5 heteroatoms. The second-order valence-corrected chi connectivity index (χ2v) is 5.16. The van der Waals surface area contributed by atoms with Gasteiger partial charge in [-0.05, 0) is 38.0 Å². The van der Waals surface area contributed by atoms with Crippen LogP contribution in [0.25, 0.3) is 0 Å². The second kappa shape index (κ2) is 6.32. The van der Waals surface area contributed by atoms with Gasteiger partial charge in [0, 0.05) is 36.7 Å². The maximum atomic E-state index is 11.9. The summed E-state index contributed by atoms with van der Waals surface area (Å²) in [6.07, 6.45) is 3.24. The Morgan fingerprint density at radius 3 is 2.65 bits per heavy atom. The molecule has 2 aromatic heterocycles. The highest BCUT2D eigenvalue weighted by molar-refractivity contribution is 5.93. The maximum Gasteiger partial charge on any atom is 0.251 e. The monoisotopic (exact) mass is 272 g/mol. The van der Waals surface area contributed by atoms with E-state index in [4.69, 9.17) is 0 Å². The van der Waals surface area contributed by atoms with Crippen molar-refractivity contribution in [3.05, 3.63) is 47.5 Å². The SMILES string of the molecule is Cc1cc(C)n(C[C@@H](C)CNC(=O)c2ccncc2)n1. The minimum Gasteiger partial charge on any atom is -0.352 e. The predicted octanol–water partition coefficient (Wildman–Crippen LogP) is 1.96. The van der Waals surface area contributed by atoms with Gasteiger partial charge in [-0.15, -0.1) is 0 Å². The summed E-state index contributed by atoms with van der Waals surface area (Å²) in [6, 6.07) is 5.48. The Hall–Kier alpha value is -2.17. The van der Waals surface area contributed by atoms with Gasteiger partial charge in [-0.2, -0.15) is 5.10 Å². The number of pyridine rings is 1. The number of nitrogens with one attached hydrogen (secondary N) is 1. The first-order valence-electron chi connectivity index (χ1n) is 6.75. The number of carbonyl (C=O) groups is 1. The number of hydrogen-bond donors (Lipinski definition) is 1. The topological polar surface area (TPSA) is 59.8 Å². The Bertz CT molecular complexity index is 577. The lowest BCUT2D eigenvalue weighted by molar-refractivity contribution is 0.0946. The maximum absolute atomic E-state index is 11.9. The van der Waals surface area contributed by atoms with Gasteiger partial charge in [-0.1, -0.05) is 6.92 Å². The van der Waals surface area contributed by atoms with Crippen LogP contribution in [-0.4, -0.2) is 27.2 Å². The first kappa shape index (κ1) is 14.2. The van der Waals surface area contributed by atoms with Crippen LogP contribution in [0.1, 0.15) is 28.7 Å². The Balaban J connectivity index is 1.85. The van der Waals surface area contributed by atoms with Crippen molar-refractivity contribution in [1.29, 1.82) is 0 Å². The summed E-state index contributed by atoms with van der Waals surface area (Å²) in [6.45, 7) is 7.56. The molecule has 0 radical (unpaired) electrons. The molecule has 1 amide bonds. The number of hydrogen-bond acceptors (Lipinski definition) is 3. The van der Waals surface area contributed by atoms with Gasteiger partial charge < -0.3 is 5.32 Å². The Morgan fingerprint density at radius 1 is 1.35 bits per heavy atom. The van der Waals surface area contributed by atoms with Crippen molar-refractivity contribution >= 4 is 5.91 Å². The van der Waals surface area contributed by atoms with E-state index in [1.165, 1.54) is 0 Å². The van der Waals surface area contributed by atoms with E-state index in [0.29, 0.717) is 18.0 Å². The second-order valence-electron chi connectivity index (χ2n) is 5.16. The van der Waals surface area contributed by atoms with Crippen molar-refractivity contribution in [2.24, 2.45) is 5.92 Å². The normalized spacial score (nSPS) is 12.2. The van der Waals surface area contributed by atoms with Crippen LogP contribution in [0.5, 0.6) is 0 Å². The molecule has 0 fully saturated rings. The highest BCUT2D eigenvalue weighted by Gasteiger charge is 2.10. The Kier molecular flexibility index (Phi) is 4.50. The number of aryl methyl sites for hydroxylation is 2. The number of rotatable bonds is 5. The molecule has 0 saturated heterocycles. The predicted molar refractivity (Wildman–Crippen MR) is 77.4 cm³/mol. The summed E-state index contributed by atoms with van der Waals surface area (Å²) in [5.74, 6) is 0.256. The molecule has 5 nitrogen and oxygen atoms in total. The minimum atomic E-state index is -0.0624. The summed E-state index contributed by atoms with van der Waals surface area (Å²) in [4.78, 5) is 15.8. The molecule has 0 aliphatic carbocycles. The average molecular weight is 272 g/mol. The molecule has 0 saturated carbocycles.